The molecule has 19 heavy (non-hydrogen) atoms. The summed E-state index contributed by atoms with van der Waals surface area (Å²) in [6, 6.07) is -0.323. The Morgan fingerprint density at radius 2 is 1.89 bits per heavy atom. The highest BCUT2D eigenvalue weighted by molar-refractivity contribution is 5.75. The SMILES string of the molecule is CCNC(COCC1CCCCCC1)C(=O)OCC. The molecule has 1 atom stereocenters. The van der Waals surface area contributed by atoms with Crippen molar-refractivity contribution in [3.05, 3.63) is 0 Å². The molecule has 0 radical (unpaired) electrons. The van der Waals surface area contributed by atoms with Gasteiger partial charge in [-0.3, -0.25) is 4.79 Å². The number of rotatable bonds is 8. The van der Waals surface area contributed by atoms with Gasteiger partial charge in [0.2, 0.25) is 0 Å². The van der Waals surface area contributed by atoms with Gasteiger partial charge in [0.1, 0.15) is 6.04 Å². The van der Waals surface area contributed by atoms with Crippen LogP contribution in [0.3, 0.4) is 0 Å². The molecule has 1 fully saturated rings. The largest absolute Gasteiger partial charge is 0.465 e. The summed E-state index contributed by atoms with van der Waals surface area (Å²) in [6.45, 7) is 6.18. The molecule has 0 saturated heterocycles. The van der Waals surface area contributed by atoms with Gasteiger partial charge < -0.3 is 14.8 Å². The molecule has 1 N–H and O–H groups in total. The van der Waals surface area contributed by atoms with Crippen LogP contribution in [0.15, 0.2) is 0 Å². The van der Waals surface area contributed by atoms with E-state index in [2.05, 4.69) is 5.32 Å². The molecule has 112 valence electrons. The molecule has 0 heterocycles. The molecule has 0 amide bonds. The molecule has 1 aliphatic rings. The standard InChI is InChI=1S/C15H29NO3/c1-3-16-14(15(17)19-4-2)12-18-11-13-9-7-5-6-8-10-13/h13-14,16H,3-12H2,1-2H3. The average molecular weight is 271 g/mol. The molecule has 1 saturated carbocycles. The van der Waals surface area contributed by atoms with Gasteiger partial charge in [0.05, 0.1) is 13.2 Å². The van der Waals surface area contributed by atoms with Crippen molar-refractivity contribution in [1.82, 2.24) is 5.32 Å². The zero-order valence-electron chi connectivity index (χ0n) is 12.5. The zero-order valence-corrected chi connectivity index (χ0v) is 12.5. The van der Waals surface area contributed by atoms with Gasteiger partial charge in [-0.25, -0.2) is 0 Å². The molecule has 0 aliphatic heterocycles. The second-order valence-corrected chi connectivity index (χ2v) is 5.26. The van der Waals surface area contributed by atoms with E-state index in [9.17, 15) is 4.79 Å². The van der Waals surface area contributed by atoms with Crippen LogP contribution in [0.5, 0.6) is 0 Å². The average Bonchev–Trinajstić information content (AvgIpc) is 2.66. The lowest BCUT2D eigenvalue weighted by Crippen LogP contribution is -2.42. The molecular weight excluding hydrogens is 242 g/mol. The molecule has 0 aromatic rings. The van der Waals surface area contributed by atoms with Gasteiger partial charge in [0.15, 0.2) is 0 Å². The zero-order chi connectivity index (χ0) is 13.9. The van der Waals surface area contributed by atoms with E-state index in [0.29, 0.717) is 19.1 Å². The van der Waals surface area contributed by atoms with Gasteiger partial charge in [-0.2, -0.15) is 0 Å². The van der Waals surface area contributed by atoms with Crippen molar-refractivity contribution < 1.29 is 14.3 Å². The monoisotopic (exact) mass is 271 g/mol. The number of hydrogen-bond donors (Lipinski definition) is 1. The third kappa shape index (κ3) is 6.92. The van der Waals surface area contributed by atoms with Gasteiger partial charge >= 0.3 is 5.97 Å². The lowest BCUT2D eigenvalue weighted by molar-refractivity contribution is -0.147. The van der Waals surface area contributed by atoms with Gasteiger partial charge in [-0.15, -0.1) is 0 Å². The summed E-state index contributed by atoms with van der Waals surface area (Å²) in [5, 5.41) is 3.12. The summed E-state index contributed by atoms with van der Waals surface area (Å²) in [7, 11) is 0. The van der Waals surface area contributed by atoms with Crippen LogP contribution in [0.25, 0.3) is 0 Å². The highest BCUT2D eigenvalue weighted by atomic mass is 16.5. The first-order valence-corrected chi connectivity index (χ1v) is 7.75. The van der Waals surface area contributed by atoms with Gasteiger partial charge in [-0.1, -0.05) is 32.6 Å². The molecule has 1 unspecified atom stereocenters. The number of hydrogen-bond acceptors (Lipinski definition) is 4. The lowest BCUT2D eigenvalue weighted by atomic mass is 10.0. The quantitative estimate of drug-likeness (QED) is 0.544. The first-order valence-electron chi connectivity index (χ1n) is 7.75. The van der Waals surface area contributed by atoms with E-state index in [4.69, 9.17) is 9.47 Å². The van der Waals surface area contributed by atoms with Gasteiger partial charge in [0, 0.05) is 6.61 Å². The summed E-state index contributed by atoms with van der Waals surface area (Å²) in [4.78, 5) is 11.7. The van der Waals surface area contributed by atoms with Crippen molar-refractivity contribution in [2.45, 2.75) is 58.4 Å². The number of likely N-dealkylation sites (N-methyl/N-ethyl adjacent to an activating group) is 1. The Morgan fingerprint density at radius 1 is 1.21 bits per heavy atom. The van der Waals surface area contributed by atoms with Crippen LogP contribution in [0.4, 0.5) is 0 Å². The molecule has 0 bridgehead atoms. The third-order valence-electron chi connectivity index (χ3n) is 3.63. The number of esters is 1. The summed E-state index contributed by atoms with van der Waals surface area (Å²) in [5.41, 5.74) is 0. The Balaban J connectivity index is 2.24. The Hall–Kier alpha value is -0.610. The fourth-order valence-corrected chi connectivity index (χ4v) is 2.58. The van der Waals surface area contributed by atoms with Gasteiger partial charge in [0.25, 0.3) is 0 Å². The minimum absolute atomic E-state index is 0.204. The molecule has 0 aromatic carbocycles. The van der Waals surface area contributed by atoms with Crippen molar-refractivity contribution >= 4 is 5.97 Å². The first kappa shape index (κ1) is 16.4. The predicted octanol–water partition coefficient (Wildman–Crippen LogP) is 2.51. The summed E-state index contributed by atoms with van der Waals surface area (Å²) < 4.78 is 10.8. The van der Waals surface area contributed by atoms with E-state index in [1.807, 2.05) is 13.8 Å². The second kappa shape index (κ2) is 10.2. The van der Waals surface area contributed by atoms with E-state index < -0.39 is 0 Å². The lowest BCUT2D eigenvalue weighted by Gasteiger charge is -2.19. The van der Waals surface area contributed by atoms with Crippen molar-refractivity contribution in [1.29, 1.82) is 0 Å². The van der Waals surface area contributed by atoms with Crippen LogP contribution in [-0.4, -0.2) is 38.4 Å². The Kier molecular flexibility index (Phi) is 8.84. The maximum absolute atomic E-state index is 11.7. The van der Waals surface area contributed by atoms with E-state index in [1.165, 1.54) is 38.5 Å². The topological polar surface area (TPSA) is 47.6 Å². The molecule has 4 nitrogen and oxygen atoms in total. The second-order valence-electron chi connectivity index (χ2n) is 5.26. The Labute approximate surface area is 117 Å². The van der Waals surface area contributed by atoms with E-state index in [0.717, 1.165) is 13.2 Å². The van der Waals surface area contributed by atoms with Crippen LogP contribution < -0.4 is 5.32 Å². The molecule has 0 spiro atoms. The molecular formula is C15H29NO3. The fourth-order valence-electron chi connectivity index (χ4n) is 2.58. The number of ether oxygens (including phenoxy) is 2. The number of nitrogens with one attached hydrogen (secondary N) is 1. The predicted molar refractivity (Wildman–Crippen MR) is 76.1 cm³/mol. The van der Waals surface area contributed by atoms with Crippen molar-refractivity contribution in [2.75, 3.05) is 26.4 Å². The summed E-state index contributed by atoms with van der Waals surface area (Å²) in [5.74, 6) is 0.470. The molecule has 1 rings (SSSR count). The smallest absolute Gasteiger partial charge is 0.325 e. The Morgan fingerprint density at radius 3 is 2.47 bits per heavy atom. The highest BCUT2D eigenvalue weighted by Gasteiger charge is 2.20. The first-order chi connectivity index (χ1) is 9.27. The van der Waals surface area contributed by atoms with Crippen LogP contribution in [0.2, 0.25) is 0 Å². The minimum Gasteiger partial charge on any atom is -0.465 e. The minimum atomic E-state index is -0.323. The summed E-state index contributed by atoms with van der Waals surface area (Å²) in [6.07, 6.45) is 7.90. The molecule has 4 heteroatoms. The maximum Gasteiger partial charge on any atom is 0.325 e. The van der Waals surface area contributed by atoms with Crippen molar-refractivity contribution in [3.63, 3.8) is 0 Å². The normalized spacial score (nSPS) is 18.8. The molecule has 0 aromatic heterocycles. The van der Waals surface area contributed by atoms with Crippen LogP contribution in [0, 0.1) is 5.92 Å². The number of carbonyl (C=O) groups excluding carboxylic acids is 1. The highest BCUT2D eigenvalue weighted by Crippen LogP contribution is 2.22. The van der Waals surface area contributed by atoms with Gasteiger partial charge in [-0.05, 0) is 32.2 Å². The van der Waals surface area contributed by atoms with Crippen molar-refractivity contribution in [3.8, 4) is 0 Å². The third-order valence-corrected chi connectivity index (χ3v) is 3.63. The van der Waals surface area contributed by atoms with Crippen LogP contribution >= 0.6 is 0 Å². The van der Waals surface area contributed by atoms with Crippen molar-refractivity contribution in [2.24, 2.45) is 5.92 Å². The van der Waals surface area contributed by atoms with Crippen LogP contribution in [0.1, 0.15) is 52.4 Å². The fraction of sp³-hybridized carbons (Fsp3) is 0.933. The number of carbonyl (C=O) groups is 1. The summed E-state index contributed by atoms with van der Waals surface area (Å²) >= 11 is 0. The van der Waals surface area contributed by atoms with E-state index >= 15 is 0 Å². The maximum atomic E-state index is 11.7. The van der Waals surface area contributed by atoms with E-state index in [1.54, 1.807) is 0 Å². The molecule has 1 aliphatic carbocycles. The van der Waals surface area contributed by atoms with E-state index in [-0.39, 0.29) is 12.0 Å². The van der Waals surface area contributed by atoms with Crippen LogP contribution in [-0.2, 0) is 14.3 Å². The Bertz CT molecular complexity index is 238.